The number of nitrogens with one attached hydrogen (secondary N) is 2. The number of methoxy groups -OCH3 is 1. The largest absolute Gasteiger partial charge is 0.383 e. The van der Waals surface area contributed by atoms with Gasteiger partial charge in [-0.2, -0.15) is 5.10 Å². The number of rotatable bonds is 11. The molecule has 1 aromatic carbocycles. The molecular weight excluding hydrogens is 490 g/mol. The molecule has 3 heterocycles. The standard InChI is InChI=1S/C23H26ClN7O3S/c1-4-35-23-28-20(25-10-12-33-3)16-13-27-31(21(16)29-23)11-9-26-22(32)18-14(2)34-30-19(18)15-7-5-6-8-17(15)24/h5-8,13H,4,9-12H2,1-3H3,(H,26,32)(H,25,28,29). The van der Waals surface area contributed by atoms with Gasteiger partial charge in [0.25, 0.3) is 5.91 Å². The molecule has 0 spiro atoms. The van der Waals surface area contributed by atoms with Gasteiger partial charge >= 0.3 is 0 Å². The topological polar surface area (TPSA) is 120 Å². The van der Waals surface area contributed by atoms with Gasteiger partial charge in [0.1, 0.15) is 22.8 Å². The minimum atomic E-state index is -0.297. The minimum Gasteiger partial charge on any atom is -0.383 e. The van der Waals surface area contributed by atoms with Gasteiger partial charge < -0.3 is 19.9 Å². The van der Waals surface area contributed by atoms with Crippen LogP contribution in [-0.2, 0) is 11.3 Å². The van der Waals surface area contributed by atoms with Gasteiger partial charge in [-0.25, -0.2) is 14.6 Å². The first-order chi connectivity index (χ1) is 17.0. The van der Waals surface area contributed by atoms with Crippen LogP contribution in [0.4, 0.5) is 5.82 Å². The number of hydrogen-bond donors (Lipinski definition) is 2. The molecule has 35 heavy (non-hydrogen) atoms. The Morgan fingerprint density at radius 1 is 1.26 bits per heavy atom. The van der Waals surface area contributed by atoms with Crippen molar-refractivity contribution >= 4 is 46.1 Å². The molecule has 0 aliphatic carbocycles. The summed E-state index contributed by atoms with van der Waals surface area (Å²) in [5.41, 5.74) is 2.11. The molecule has 0 atom stereocenters. The van der Waals surface area contributed by atoms with E-state index < -0.39 is 0 Å². The van der Waals surface area contributed by atoms with E-state index in [1.165, 1.54) is 0 Å². The van der Waals surface area contributed by atoms with Crippen LogP contribution < -0.4 is 10.6 Å². The van der Waals surface area contributed by atoms with Crippen molar-refractivity contribution in [3.8, 4) is 11.3 Å². The van der Waals surface area contributed by atoms with Crippen LogP contribution in [0.1, 0.15) is 23.0 Å². The second-order valence-electron chi connectivity index (χ2n) is 7.51. The van der Waals surface area contributed by atoms with Crippen LogP contribution in [0.15, 0.2) is 40.1 Å². The number of amides is 1. The number of hydrogen-bond acceptors (Lipinski definition) is 9. The predicted octanol–water partition coefficient (Wildman–Crippen LogP) is 4.04. The van der Waals surface area contributed by atoms with Crippen LogP contribution in [0.3, 0.4) is 0 Å². The van der Waals surface area contributed by atoms with E-state index in [9.17, 15) is 4.79 Å². The summed E-state index contributed by atoms with van der Waals surface area (Å²) in [5.74, 6) is 1.68. The third-order valence-corrected chi connectivity index (χ3v) is 6.23. The van der Waals surface area contributed by atoms with E-state index in [-0.39, 0.29) is 5.91 Å². The maximum Gasteiger partial charge on any atom is 0.257 e. The van der Waals surface area contributed by atoms with E-state index >= 15 is 0 Å². The van der Waals surface area contributed by atoms with Crippen molar-refractivity contribution in [1.29, 1.82) is 0 Å². The Hall–Kier alpha value is -3.15. The van der Waals surface area contributed by atoms with Crippen molar-refractivity contribution in [3.05, 3.63) is 46.8 Å². The number of nitrogens with zero attached hydrogens (tertiary/aromatic N) is 5. The summed E-state index contributed by atoms with van der Waals surface area (Å²) >= 11 is 7.86. The number of aryl methyl sites for hydroxylation is 1. The SMILES string of the molecule is CCSc1nc(NCCOC)c2cnn(CCNC(=O)c3c(-c4ccccc4Cl)noc3C)c2n1. The molecule has 4 aromatic rings. The lowest BCUT2D eigenvalue weighted by Gasteiger charge is -2.10. The van der Waals surface area contributed by atoms with E-state index in [0.29, 0.717) is 70.5 Å². The molecule has 1 amide bonds. The number of aromatic nitrogens is 5. The highest BCUT2D eigenvalue weighted by molar-refractivity contribution is 7.99. The fourth-order valence-corrected chi connectivity index (χ4v) is 4.33. The van der Waals surface area contributed by atoms with Gasteiger partial charge in [-0.05, 0) is 18.7 Å². The second kappa shape index (κ2) is 11.5. The Morgan fingerprint density at radius 3 is 2.86 bits per heavy atom. The maximum absolute atomic E-state index is 13.0. The Kier molecular flexibility index (Phi) is 8.21. The number of halogens is 1. The van der Waals surface area contributed by atoms with Gasteiger partial charge in [0.2, 0.25) is 0 Å². The molecule has 0 saturated carbocycles. The highest BCUT2D eigenvalue weighted by Crippen LogP contribution is 2.31. The molecule has 184 valence electrons. The second-order valence-corrected chi connectivity index (χ2v) is 9.15. The van der Waals surface area contributed by atoms with Crippen molar-refractivity contribution in [3.63, 3.8) is 0 Å². The molecule has 0 aliphatic rings. The fourth-order valence-electron chi connectivity index (χ4n) is 3.54. The number of thioether (sulfide) groups is 1. The van der Waals surface area contributed by atoms with Crippen molar-refractivity contribution < 1.29 is 14.1 Å². The Morgan fingerprint density at radius 2 is 2.09 bits per heavy atom. The monoisotopic (exact) mass is 515 g/mol. The van der Waals surface area contributed by atoms with Crippen molar-refractivity contribution in [1.82, 2.24) is 30.2 Å². The zero-order chi connectivity index (χ0) is 24.8. The first-order valence-electron chi connectivity index (χ1n) is 11.1. The van der Waals surface area contributed by atoms with Crippen LogP contribution in [0.5, 0.6) is 0 Å². The first kappa shape index (κ1) is 25.0. The van der Waals surface area contributed by atoms with Crippen LogP contribution in [0, 0.1) is 6.92 Å². The Balaban J connectivity index is 1.50. The van der Waals surface area contributed by atoms with Gasteiger partial charge in [0, 0.05) is 25.8 Å². The summed E-state index contributed by atoms with van der Waals surface area (Å²) in [6.07, 6.45) is 1.73. The molecular formula is C23H26ClN7O3S. The quantitative estimate of drug-likeness (QED) is 0.173. The zero-order valence-electron chi connectivity index (χ0n) is 19.7. The predicted molar refractivity (Wildman–Crippen MR) is 136 cm³/mol. The van der Waals surface area contributed by atoms with Crippen molar-refractivity contribution in [2.45, 2.75) is 25.5 Å². The van der Waals surface area contributed by atoms with Crippen molar-refractivity contribution in [2.24, 2.45) is 0 Å². The van der Waals surface area contributed by atoms with E-state index in [4.69, 9.17) is 20.9 Å². The summed E-state index contributed by atoms with van der Waals surface area (Å²) in [5, 5.41) is 16.7. The third kappa shape index (κ3) is 5.58. The number of anilines is 1. The Labute approximate surface area is 211 Å². The highest BCUT2D eigenvalue weighted by Gasteiger charge is 2.23. The van der Waals surface area contributed by atoms with Crippen LogP contribution in [-0.4, -0.2) is 63.4 Å². The molecule has 0 aliphatic heterocycles. The fraction of sp³-hybridized carbons (Fsp3) is 0.348. The molecule has 4 rings (SSSR count). The van der Waals surface area contributed by atoms with Gasteiger partial charge in [-0.15, -0.1) is 0 Å². The lowest BCUT2D eigenvalue weighted by molar-refractivity contribution is 0.0951. The zero-order valence-corrected chi connectivity index (χ0v) is 21.2. The van der Waals surface area contributed by atoms with E-state index in [1.807, 2.05) is 19.1 Å². The van der Waals surface area contributed by atoms with E-state index in [2.05, 4.69) is 30.9 Å². The average molecular weight is 516 g/mol. The summed E-state index contributed by atoms with van der Waals surface area (Å²) in [6.45, 7) is 5.67. The minimum absolute atomic E-state index is 0.297. The molecule has 12 heteroatoms. The average Bonchev–Trinajstić information content (AvgIpc) is 3.43. The van der Waals surface area contributed by atoms with Gasteiger partial charge in [-0.1, -0.05) is 53.6 Å². The summed E-state index contributed by atoms with van der Waals surface area (Å²) in [4.78, 5) is 22.3. The molecule has 0 saturated heterocycles. The summed E-state index contributed by atoms with van der Waals surface area (Å²) < 4.78 is 12.2. The van der Waals surface area contributed by atoms with Gasteiger partial charge in [0.15, 0.2) is 10.8 Å². The number of carbonyl (C=O) groups is 1. The normalized spacial score (nSPS) is 11.2. The molecule has 0 fully saturated rings. The molecule has 10 nitrogen and oxygen atoms in total. The van der Waals surface area contributed by atoms with E-state index in [0.717, 1.165) is 11.1 Å². The van der Waals surface area contributed by atoms with Gasteiger partial charge in [-0.3, -0.25) is 4.79 Å². The molecule has 3 aromatic heterocycles. The van der Waals surface area contributed by atoms with Crippen LogP contribution in [0.2, 0.25) is 5.02 Å². The van der Waals surface area contributed by atoms with Crippen LogP contribution in [0.25, 0.3) is 22.3 Å². The molecule has 0 radical (unpaired) electrons. The maximum atomic E-state index is 13.0. The highest BCUT2D eigenvalue weighted by atomic mass is 35.5. The molecule has 0 bridgehead atoms. The summed E-state index contributed by atoms with van der Waals surface area (Å²) in [7, 11) is 1.65. The van der Waals surface area contributed by atoms with Gasteiger partial charge in [0.05, 0.1) is 29.8 Å². The molecule has 0 unspecified atom stereocenters. The van der Waals surface area contributed by atoms with Crippen LogP contribution >= 0.6 is 23.4 Å². The Bertz CT molecular complexity index is 1320. The lowest BCUT2D eigenvalue weighted by Crippen LogP contribution is -2.28. The van der Waals surface area contributed by atoms with E-state index in [1.54, 1.807) is 48.8 Å². The number of ether oxygens (including phenoxy) is 1. The first-order valence-corrected chi connectivity index (χ1v) is 12.5. The third-order valence-electron chi connectivity index (χ3n) is 5.18. The number of benzene rings is 1. The smallest absolute Gasteiger partial charge is 0.257 e. The molecule has 2 N–H and O–H groups in total. The lowest BCUT2D eigenvalue weighted by atomic mass is 10.1. The summed E-state index contributed by atoms with van der Waals surface area (Å²) in [6, 6.07) is 7.20. The van der Waals surface area contributed by atoms with Crippen molar-refractivity contribution in [2.75, 3.05) is 37.9 Å². The number of fused-ring (bicyclic) bond motifs is 1. The number of carbonyl (C=O) groups excluding carboxylic acids is 1.